The summed E-state index contributed by atoms with van der Waals surface area (Å²) in [6, 6.07) is 4.05. The minimum absolute atomic E-state index is 0.0553. The van der Waals surface area contributed by atoms with Crippen molar-refractivity contribution >= 4 is 5.91 Å². The Morgan fingerprint density at radius 2 is 2.00 bits per heavy atom. The first-order valence-corrected chi connectivity index (χ1v) is 8.64. The average Bonchev–Trinajstić information content (AvgIpc) is 2.61. The van der Waals surface area contributed by atoms with Crippen LogP contribution in [0.2, 0.25) is 0 Å². The van der Waals surface area contributed by atoms with Gasteiger partial charge in [-0.15, -0.1) is 0 Å². The van der Waals surface area contributed by atoms with Gasteiger partial charge in [0.2, 0.25) is 5.91 Å². The van der Waals surface area contributed by atoms with Gasteiger partial charge in [-0.3, -0.25) is 4.79 Å². The summed E-state index contributed by atoms with van der Waals surface area (Å²) < 4.78 is 44.3. The number of aryl methyl sites for hydroxylation is 1. The van der Waals surface area contributed by atoms with E-state index >= 15 is 0 Å². The molecule has 0 bridgehead atoms. The van der Waals surface area contributed by atoms with Crippen molar-refractivity contribution in [1.29, 1.82) is 0 Å². The summed E-state index contributed by atoms with van der Waals surface area (Å²) in [6.07, 6.45) is -1.16. The summed E-state index contributed by atoms with van der Waals surface area (Å²) in [7, 11) is 1.35. The highest BCUT2D eigenvalue weighted by atomic mass is 19.4. The van der Waals surface area contributed by atoms with E-state index in [1.807, 2.05) is 0 Å². The zero-order valence-electron chi connectivity index (χ0n) is 14.4. The van der Waals surface area contributed by atoms with Crippen molar-refractivity contribution in [3.05, 3.63) is 29.3 Å². The molecule has 0 unspecified atom stereocenters. The Kier molecular flexibility index (Phi) is 7.11. The zero-order valence-corrected chi connectivity index (χ0v) is 14.4. The molecule has 7 heteroatoms. The number of piperidine rings is 1. The van der Waals surface area contributed by atoms with Crippen LogP contribution < -0.4 is 15.4 Å². The first-order valence-electron chi connectivity index (χ1n) is 8.64. The number of carbonyl (C=O) groups is 1. The summed E-state index contributed by atoms with van der Waals surface area (Å²) in [6.45, 7) is 2.21. The number of alkyl halides is 3. The molecule has 1 fully saturated rings. The normalized spacial score (nSPS) is 15.8. The van der Waals surface area contributed by atoms with E-state index in [1.165, 1.54) is 13.2 Å². The lowest BCUT2D eigenvalue weighted by molar-refractivity contribution is -0.138. The summed E-state index contributed by atoms with van der Waals surface area (Å²) in [5.41, 5.74) is -0.386. The van der Waals surface area contributed by atoms with Crippen LogP contribution in [0.1, 0.15) is 36.8 Å². The fraction of sp³-hybridized carbons (Fsp3) is 0.611. The second-order valence-electron chi connectivity index (χ2n) is 6.29. The first-order chi connectivity index (χ1) is 11.9. The number of halogens is 3. The van der Waals surface area contributed by atoms with Crippen LogP contribution in [-0.2, 0) is 17.4 Å². The van der Waals surface area contributed by atoms with E-state index in [0.717, 1.165) is 32.0 Å². The molecule has 0 aromatic heterocycles. The van der Waals surface area contributed by atoms with Crippen LogP contribution in [0.4, 0.5) is 13.2 Å². The van der Waals surface area contributed by atoms with Crippen LogP contribution in [0.5, 0.6) is 5.75 Å². The van der Waals surface area contributed by atoms with Gasteiger partial charge in [0.1, 0.15) is 5.75 Å². The number of hydrogen-bond donors (Lipinski definition) is 2. The molecule has 0 atom stereocenters. The predicted octanol–water partition coefficient (Wildman–Crippen LogP) is 3.15. The largest absolute Gasteiger partial charge is 0.497 e. The summed E-state index contributed by atoms with van der Waals surface area (Å²) in [4.78, 5) is 12.0. The minimum Gasteiger partial charge on any atom is -0.497 e. The summed E-state index contributed by atoms with van der Waals surface area (Å²) in [5.74, 6) is 0.312. The van der Waals surface area contributed by atoms with E-state index in [1.54, 1.807) is 6.07 Å². The van der Waals surface area contributed by atoms with Crippen LogP contribution in [0.3, 0.4) is 0 Å². The summed E-state index contributed by atoms with van der Waals surface area (Å²) in [5, 5.41) is 6.10. The van der Waals surface area contributed by atoms with E-state index in [9.17, 15) is 18.0 Å². The second-order valence-corrected chi connectivity index (χ2v) is 6.29. The molecule has 1 aliphatic heterocycles. The topological polar surface area (TPSA) is 50.4 Å². The van der Waals surface area contributed by atoms with Gasteiger partial charge >= 0.3 is 6.18 Å². The molecule has 0 aliphatic carbocycles. The van der Waals surface area contributed by atoms with Crippen molar-refractivity contribution < 1.29 is 22.7 Å². The Morgan fingerprint density at radius 3 is 2.64 bits per heavy atom. The van der Waals surface area contributed by atoms with Gasteiger partial charge in [-0.1, -0.05) is 6.07 Å². The van der Waals surface area contributed by atoms with Crippen LogP contribution in [0.25, 0.3) is 0 Å². The molecule has 4 nitrogen and oxygen atoms in total. The monoisotopic (exact) mass is 358 g/mol. The van der Waals surface area contributed by atoms with Crippen LogP contribution >= 0.6 is 0 Å². The van der Waals surface area contributed by atoms with Gasteiger partial charge in [0.15, 0.2) is 0 Å². The minimum atomic E-state index is -4.40. The number of ether oxygens (including phenoxy) is 1. The number of amides is 1. The highest BCUT2D eigenvalue weighted by molar-refractivity contribution is 5.78. The smallest absolute Gasteiger partial charge is 0.416 e. The highest BCUT2D eigenvalue weighted by Crippen LogP contribution is 2.35. The van der Waals surface area contributed by atoms with Gasteiger partial charge in [-0.2, -0.15) is 13.2 Å². The lowest BCUT2D eigenvalue weighted by Crippen LogP contribution is -2.38. The van der Waals surface area contributed by atoms with Gasteiger partial charge in [0.25, 0.3) is 0 Å². The Hall–Kier alpha value is -1.76. The summed E-state index contributed by atoms with van der Waals surface area (Å²) >= 11 is 0. The zero-order chi connectivity index (χ0) is 18.3. The number of carbonyl (C=O) groups excluding carboxylic acids is 1. The molecule has 25 heavy (non-hydrogen) atoms. The van der Waals surface area contributed by atoms with Crippen LogP contribution in [-0.4, -0.2) is 32.7 Å². The Balaban J connectivity index is 1.78. The van der Waals surface area contributed by atoms with Gasteiger partial charge < -0.3 is 15.4 Å². The van der Waals surface area contributed by atoms with Crippen molar-refractivity contribution in [2.45, 2.75) is 38.3 Å². The molecular weight excluding hydrogens is 333 g/mol. The third-order valence-corrected chi connectivity index (χ3v) is 4.50. The van der Waals surface area contributed by atoms with Crippen molar-refractivity contribution in [3.63, 3.8) is 0 Å². The molecule has 140 valence electrons. The van der Waals surface area contributed by atoms with E-state index < -0.39 is 11.7 Å². The molecule has 1 aromatic rings. The average molecular weight is 358 g/mol. The van der Waals surface area contributed by atoms with E-state index in [2.05, 4.69) is 10.6 Å². The number of benzene rings is 1. The fourth-order valence-electron chi connectivity index (χ4n) is 3.04. The van der Waals surface area contributed by atoms with E-state index in [4.69, 9.17) is 4.74 Å². The highest BCUT2D eigenvalue weighted by Gasteiger charge is 2.33. The molecule has 0 radical (unpaired) electrons. The number of hydrogen-bond acceptors (Lipinski definition) is 3. The second kappa shape index (κ2) is 9.08. The molecule has 1 amide bonds. The number of nitrogens with one attached hydrogen (secondary N) is 2. The van der Waals surface area contributed by atoms with Crippen molar-refractivity contribution in [2.24, 2.45) is 5.92 Å². The maximum atomic E-state index is 13.1. The Labute approximate surface area is 146 Å². The third kappa shape index (κ3) is 5.92. The fourth-order valence-corrected chi connectivity index (χ4v) is 3.04. The first kappa shape index (κ1) is 19.6. The SMILES string of the molecule is COc1ccc(CCCCNC(=O)C2CCNCC2)c(C(F)(F)F)c1. The number of unbranched alkanes of at least 4 members (excludes halogenated alkanes) is 1. The predicted molar refractivity (Wildman–Crippen MR) is 89.5 cm³/mol. The molecule has 1 aliphatic rings. The van der Waals surface area contributed by atoms with Gasteiger partial charge in [-0.25, -0.2) is 0 Å². The molecular formula is C18H25F3N2O2. The quantitative estimate of drug-likeness (QED) is 0.736. The number of methoxy groups -OCH3 is 1. The van der Waals surface area contributed by atoms with Crippen molar-refractivity contribution in [3.8, 4) is 5.75 Å². The molecule has 0 saturated carbocycles. The Morgan fingerprint density at radius 1 is 1.28 bits per heavy atom. The number of rotatable bonds is 7. The van der Waals surface area contributed by atoms with E-state index in [0.29, 0.717) is 25.8 Å². The van der Waals surface area contributed by atoms with Gasteiger partial charge in [0.05, 0.1) is 12.7 Å². The van der Waals surface area contributed by atoms with Crippen LogP contribution in [0, 0.1) is 5.92 Å². The molecule has 0 spiro atoms. The molecule has 1 saturated heterocycles. The maximum absolute atomic E-state index is 13.1. The van der Waals surface area contributed by atoms with Crippen molar-refractivity contribution in [2.75, 3.05) is 26.7 Å². The standard InChI is InChI=1S/C18H25F3N2O2/c1-25-15-6-5-13(16(12-15)18(19,20)21)4-2-3-9-23-17(24)14-7-10-22-11-8-14/h5-6,12,14,22H,2-4,7-11H2,1H3,(H,23,24). The lowest BCUT2D eigenvalue weighted by Gasteiger charge is -2.21. The van der Waals surface area contributed by atoms with E-state index in [-0.39, 0.29) is 23.1 Å². The lowest BCUT2D eigenvalue weighted by atomic mass is 9.97. The van der Waals surface area contributed by atoms with Crippen molar-refractivity contribution in [1.82, 2.24) is 10.6 Å². The van der Waals surface area contributed by atoms with Crippen LogP contribution in [0.15, 0.2) is 18.2 Å². The molecule has 2 N–H and O–H groups in total. The third-order valence-electron chi connectivity index (χ3n) is 4.50. The molecule has 1 aromatic carbocycles. The maximum Gasteiger partial charge on any atom is 0.416 e. The van der Waals surface area contributed by atoms with Gasteiger partial charge in [-0.05, 0) is 62.9 Å². The Bertz CT molecular complexity index is 570. The molecule has 2 rings (SSSR count). The molecule has 1 heterocycles. The van der Waals surface area contributed by atoms with Gasteiger partial charge in [0, 0.05) is 12.5 Å².